The second-order valence-electron chi connectivity index (χ2n) is 3.23. The molecule has 0 aliphatic heterocycles. The highest BCUT2D eigenvalue weighted by molar-refractivity contribution is 6.04. The Bertz CT molecular complexity index is 510. The molecule has 16 heavy (non-hydrogen) atoms. The lowest BCUT2D eigenvalue weighted by molar-refractivity contribution is 0.102. The number of carbonyl (C=O) groups is 1. The molecule has 0 saturated heterocycles. The molecule has 2 aromatic rings. The van der Waals surface area contributed by atoms with E-state index >= 15 is 0 Å². The molecule has 0 amide bonds. The van der Waals surface area contributed by atoms with Gasteiger partial charge in [0.1, 0.15) is 5.75 Å². The Morgan fingerprint density at radius 1 is 1.19 bits per heavy atom. The molecule has 0 radical (unpaired) electrons. The van der Waals surface area contributed by atoms with Gasteiger partial charge in [-0.2, -0.15) is 0 Å². The van der Waals surface area contributed by atoms with Gasteiger partial charge in [-0.1, -0.05) is 18.2 Å². The van der Waals surface area contributed by atoms with Gasteiger partial charge in [0.2, 0.25) is 5.78 Å². The number of phenolic OH excluding ortho intramolecular Hbond substituents is 1. The van der Waals surface area contributed by atoms with Gasteiger partial charge in [0.05, 0.1) is 6.26 Å². The average molecular weight is 214 g/mol. The van der Waals surface area contributed by atoms with Crippen LogP contribution in [0.2, 0.25) is 0 Å². The van der Waals surface area contributed by atoms with Gasteiger partial charge in [-0.05, 0) is 30.4 Å². The fraction of sp³-hybridized carbons (Fsp3) is 0. The summed E-state index contributed by atoms with van der Waals surface area (Å²) in [7, 11) is 0. The van der Waals surface area contributed by atoms with E-state index in [-0.39, 0.29) is 17.3 Å². The Hall–Kier alpha value is -2.29. The van der Waals surface area contributed by atoms with Gasteiger partial charge in [0.25, 0.3) is 0 Å². The zero-order valence-electron chi connectivity index (χ0n) is 8.46. The van der Waals surface area contributed by atoms with Gasteiger partial charge in [-0.3, -0.25) is 4.79 Å². The Kier molecular flexibility index (Phi) is 2.87. The average Bonchev–Trinajstić information content (AvgIpc) is 2.81. The highest BCUT2D eigenvalue weighted by atomic mass is 16.3. The molecule has 1 aromatic heterocycles. The van der Waals surface area contributed by atoms with E-state index in [1.807, 2.05) is 0 Å². The molecule has 2 rings (SSSR count). The molecular formula is C13H10O3. The number of rotatable bonds is 3. The normalized spacial score (nSPS) is 10.8. The van der Waals surface area contributed by atoms with Crippen LogP contribution in [-0.2, 0) is 0 Å². The SMILES string of the molecule is O=C(/C=C\c1ccccc1O)c1ccco1. The lowest BCUT2D eigenvalue weighted by Crippen LogP contribution is -1.90. The predicted octanol–water partition coefficient (Wildman–Crippen LogP) is 2.88. The lowest BCUT2D eigenvalue weighted by atomic mass is 10.1. The van der Waals surface area contributed by atoms with E-state index in [9.17, 15) is 9.90 Å². The number of allylic oxidation sites excluding steroid dienone is 1. The summed E-state index contributed by atoms with van der Waals surface area (Å²) in [4.78, 5) is 11.5. The lowest BCUT2D eigenvalue weighted by Gasteiger charge is -1.96. The number of benzene rings is 1. The van der Waals surface area contributed by atoms with E-state index in [0.29, 0.717) is 5.56 Å². The number of phenols is 1. The van der Waals surface area contributed by atoms with E-state index < -0.39 is 0 Å². The molecule has 3 heteroatoms. The maximum Gasteiger partial charge on any atom is 0.221 e. The first-order chi connectivity index (χ1) is 7.77. The summed E-state index contributed by atoms with van der Waals surface area (Å²) in [5, 5.41) is 9.47. The van der Waals surface area contributed by atoms with Crippen LogP contribution in [0.15, 0.2) is 53.2 Å². The third-order valence-electron chi connectivity index (χ3n) is 2.12. The summed E-state index contributed by atoms with van der Waals surface area (Å²) >= 11 is 0. The summed E-state index contributed by atoms with van der Waals surface area (Å²) in [6.07, 6.45) is 4.37. The number of para-hydroxylation sites is 1. The van der Waals surface area contributed by atoms with Gasteiger partial charge in [-0.15, -0.1) is 0 Å². The molecule has 0 spiro atoms. The van der Waals surface area contributed by atoms with Gasteiger partial charge < -0.3 is 9.52 Å². The molecule has 0 fully saturated rings. The molecule has 0 unspecified atom stereocenters. The van der Waals surface area contributed by atoms with Crippen molar-refractivity contribution < 1.29 is 14.3 Å². The van der Waals surface area contributed by atoms with Crippen molar-refractivity contribution in [1.29, 1.82) is 0 Å². The molecular weight excluding hydrogens is 204 g/mol. The molecule has 1 N–H and O–H groups in total. The fourth-order valence-electron chi connectivity index (χ4n) is 1.29. The summed E-state index contributed by atoms with van der Waals surface area (Å²) in [5.74, 6) is 0.200. The first-order valence-corrected chi connectivity index (χ1v) is 4.81. The third kappa shape index (κ3) is 2.20. The van der Waals surface area contributed by atoms with E-state index in [2.05, 4.69) is 0 Å². The van der Waals surface area contributed by atoms with Crippen molar-refractivity contribution in [3.05, 3.63) is 60.1 Å². The molecule has 0 aliphatic carbocycles. The van der Waals surface area contributed by atoms with E-state index in [1.165, 1.54) is 12.3 Å². The predicted molar refractivity (Wildman–Crippen MR) is 60.2 cm³/mol. The van der Waals surface area contributed by atoms with E-state index in [4.69, 9.17) is 4.42 Å². The zero-order chi connectivity index (χ0) is 11.4. The van der Waals surface area contributed by atoms with Crippen LogP contribution in [0.1, 0.15) is 16.1 Å². The number of ketones is 1. The number of furan rings is 1. The maximum absolute atomic E-state index is 11.5. The number of hydrogen-bond donors (Lipinski definition) is 1. The van der Waals surface area contributed by atoms with E-state index in [0.717, 1.165) is 0 Å². The number of hydrogen-bond acceptors (Lipinski definition) is 3. The summed E-state index contributed by atoms with van der Waals surface area (Å²) in [6.45, 7) is 0. The number of carbonyl (C=O) groups excluding carboxylic acids is 1. The number of aromatic hydroxyl groups is 1. The molecule has 1 heterocycles. The fourth-order valence-corrected chi connectivity index (χ4v) is 1.29. The molecule has 80 valence electrons. The van der Waals surface area contributed by atoms with Crippen molar-refractivity contribution in [2.45, 2.75) is 0 Å². The van der Waals surface area contributed by atoms with Crippen LogP contribution < -0.4 is 0 Å². The minimum absolute atomic E-state index is 0.144. The summed E-state index contributed by atoms with van der Waals surface area (Å²) in [6, 6.07) is 10.1. The molecule has 0 atom stereocenters. The van der Waals surface area contributed by atoms with Gasteiger partial charge in [0.15, 0.2) is 5.76 Å². The third-order valence-corrected chi connectivity index (χ3v) is 2.12. The Morgan fingerprint density at radius 2 is 2.00 bits per heavy atom. The minimum atomic E-state index is -0.228. The van der Waals surface area contributed by atoms with Crippen LogP contribution in [0, 0.1) is 0 Å². The summed E-state index contributed by atoms with van der Waals surface area (Å²) in [5.41, 5.74) is 0.599. The van der Waals surface area contributed by atoms with Gasteiger partial charge in [0, 0.05) is 5.56 Å². The second-order valence-corrected chi connectivity index (χ2v) is 3.23. The van der Waals surface area contributed by atoms with Crippen LogP contribution in [0.4, 0.5) is 0 Å². The van der Waals surface area contributed by atoms with Crippen molar-refractivity contribution in [3.8, 4) is 5.75 Å². The van der Waals surface area contributed by atoms with Crippen LogP contribution >= 0.6 is 0 Å². The first kappa shape index (κ1) is 10.2. The van der Waals surface area contributed by atoms with Crippen molar-refractivity contribution in [2.75, 3.05) is 0 Å². The van der Waals surface area contributed by atoms with Crippen molar-refractivity contribution in [1.82, 2.24) is 0 Å². The maximum atomic E-state index is 11.5. The molecule has 3 nitrogen and oxygen atoms in total. The highest BCUT2D eigenvalue weighted by Gasteiger charge is 2.04. The van der Waals surface area contributed by atoms with Crippen molar-refractivity contribution >= 4 is 11.9 Å². The van der Waals surface area contributed by atoms with E-state index in [1.54, 1.807) is 42.5 Å². The monoisotopic (exact) mass is 214 g/mol. The minimum Gasteiger partial charge on any atom is -0.507 e. The molecule has 0 saturated carbocycles. The van der Waals surface area contributed by atoms with Crippen LogP contribution in [-0.4, -0.2) is 10.9 Å². The standard InChI is InChI=1S/C13H10O3/c14-11-5-2-1-4-10(11)7-8-12(15)13-6-3-9-16-13/h1-9,14H/b8-7-. The largest absolute Gasteiger partial charge is 0.507 e. The topological polar surface area (TPSA) is 50.4 Å². The van der Waals surface area contributed by atoms with Gasteiger partial charge in [-0.25, -0.2) is 0 Å². The Balaban J connectivity index is 2.16. The van der Waals surface area contributed by atoms with Gasteiger partial charge >= 0.3 is 0 Å². The highest BCUT2D eigenvalue weighted by Crippen LogP contribution is 2.17. The van der Waals surface area contributed by atoms with Crippen LogP contribution in [0.5, 0.6) is 5.75 Å². The van der Waals surface area contributed by atoms with Crippen LogP contribution in [0.3, 0.4) is 0 Å². The van der Waals surface area contributed by atoms with Crippen molar-refractivity contribution in [3.63, 3.8) is 0 Å². The van der Waals surface area contributed by atoms with Crippen molar-refractivity contribution in [2.24, 2.45) is 0 Å². The Labute approximate surface area is 92.6 Å². The Morgan fingerprint density at radius 3 is 2.69 bits per heavy atom. The molecule has 0 aliphatic rings. The molecule has 0 bridgehead atoms. The van der Waals surface area contributed by atoms with Crippen LogP contribution in [0.25, 0.3) is 6.08 Å². The smallest absolute Gasteiger partial charge is 0.221 e. The summed E-state index contributed by atoms with van der Waals surface area (Å²) < 4.78 is 4.95. The zero-order valence-corrected chi connectivity index (χ0v) is 8.46. The second kappa shape index (κ2) is 4.49. The first-order valence-electron chi connectivity index (χ1n) is 4.81. The quantitative estimate of drug-likeness (QED) is 0.631. The molecule has 1 aromatic carbocycles.